The van der Waals surface area contributed by atoms with Crippen molar-refractivity contribution < 1.29 is 14.3 Å². The first kappa shape index (κ1) is 21.1. The number of halogens is 2. The van der Waals surface area contributed by atoms with E-state index in [0.29, 0.717) is 10.0 Å². The number of hydrogen-bond donors (Lipinski definition) is 1. The Kier molecular flexibility index (Phi) is 7.09. The number of pyridine rings is 2. The second-order valence-electron chi connectivity index (χ2n) is 5.79. The second-order valence-corrected chi connectivity index (χ2v) is 7.70. The molecule has 1 atom stereocenters. The van der Waals surface area contributed by atoms with Crippen LogP contribution in [0.15, 0.2) is 70.8 Å². The Morgan fingerprint density at radius 3 is 2.59 bits per heavy atom. The van der Waals surface area contributed by atoms with E-state index in [0.717, 1.165) is 4.90 Å². The lowest BCUT2D eigenvalue weighted by Crippen LogP contribution is -2.30. The highest BCUT2D eigenvalue weighted by Gasteiger charge is 2.22. The molecule has 2 aromatic heterocycles. The van der Waals surface area contributed by atoms with E-state index in [4.69, 9.17) is 27.9 Å². The summed E-state index contributed by atoms with van der Waals surface area (Å²) < 4.78 is 5.31. The van der Waals surface area contributed by atoms with Crippen LogP contribution in [-0.4, -0.2) is 27.9 Å². The zero-order valence-electron chi connectivity index (χ0n) is 15.1. The van der Waals surface area contributed by atoms with E-state index < -0.39 is 18.0 Å². The minimum atomic E-state index is -1.08. The van der Waals surface area contributed by atoms with Gasteiger partial charge in [0, 0.05) is 17.3 Å². The van der Waals surface area contributed by atoms with Crippen LogP contribution in [0.1, 0.15) is 17.3 Å². The summed E-state index contributed by atoms with van der Waals surface area (Å²) in [7, 11) is 0. The van der Waals surface area contributed by atoms with Crippen molar-refractivity contribution in [2.75, 3.05) is 5.32 Å². The third-order valence-corrected chi connectivity index (χ3v) is 5.17. The van der Waals surface area contributed by atoms with Crippen LogP contribution in [0.4, 0.5) is 5.82 Å². The van der Waals surface area contributed by atoms with Crippen molar-refractivity contribution in [3.8, 4) is 0 Å². The molecule has 3 rings (SSSR count). The number of rotatable bonds is 6. The summed E-state index contributed by atoms with van der Waals surface area (Å²) in [6.07, 6.45) is 1.86. The van der Waals surface area contributed by atoms with Crippen LogP contribution in [0.5, 0.6) is 0 Å². The van der Waals surface area contributed by atoms with E-state index in [1.807, 2.05) is 30.3 Å². The monoisotopic (exact) mass is 447 g/mol. The summed E-state index contributed by atoms with van der Waals surface area (Å²) in [4.78, 5) is 34.1. The fraction of sp³-hybridized carbons (Fsp3) is 0.100. The van der Waals surface area contributed by atoms with Gasteiger partial charge in [0.25, 0.3) is 5.91 Å². The van der Waals surface area contributed by atoms with Gasteiger partial charge in [0.2, 0.25) is 0 Å². The van der Waals surface area contributed by atoms with E-state index in [-0.39, 0.29) is 16.4 Å². The van der Waals surface area contributed by atoms with Crippen molar-refractivity contribution in [1.82, 2.24) is 9.97 Å². The lowest BCUT2D eigenvalue weighted by molar-refractivity contribution is -0.123. The van der Waals surface area contributed by atoms with Gasteiger partial charge in [0.05, 0.1) is 15.6 Å². The SMILES string of the molecule is CC(OC(=O)c1cccnc1Sc1ccccc1)C(=O)Nc1ncc(Cl)cc1Cl. The Bertz CT molecular complexity index is 1030. The molecule has 1 amide bonds. The fourth-order valence-electron chi connectivity index (χ4n) is 2.23. The molecule has 0 aliphatic heterocycles. The molecule has 0 radical (unpaired) electrons. The Morgan fingerprint density at radius 2 is 1.86 bits per heavy atom. The third-order valence-electron chi connectivity index (χ3n) is 3.65. The molecule has 0 saturated carbocycles. The van der Waals surface area contributed by atoms with Crippen LogP contribution in [0.3, 0.4) is 0 Å². The Balaban J connectivity index is 1.69. The summed E-state index contributed by atoms with van der Waals surface area (Å²) >= 11 is 13.1. The maximum Gasteiger partial charge on any atom is 0.341 e. The number of nitrogens with zero attached hydrogens (tertiary/aromatic N) is 2. The van der Waals surface area contributed by atoms with E-state index >= 15 is 0 Å². The number of nitrogens with one attached hydrogen (secondary N) is 1. The number of benzene rings is 1. The first-order valence-corrected chi connectivity index (χ1v) is 10.0. The molecule has 0 saturated heterocycles. The van der Waals surface area contributed by atoms with Gasteiger partial charge in [-0.2, -0.15) is 0 Å². The van der Waals surface area contributed by atoms with Crippen molar-refractivity contribution in [2.45, 2.75) is 22.9 Å². The highest BCUT2D eigenvalue weighted by atomic mass is 35.5. The minimum absolute atomic E-state index is 0.130. The molecule has 0 bridgehead atoms. The summed E-state index contributed by atoms with van der Waals surface area (Å²) in [5.74, 6) is -1.10. The van der Waals surface area contributed by atoms with Gasteiger partial charge in [0.1, 0.15) is 5.03 Å². The van der Waals surface area contributed by atoms with Crippen LogP contribution < -0.4 is 5.32 Å². The van der Waals surface area contributed by atoms with Gasteiger partial charge in [-0.15, -0.1) is 0 Å². The van der Waals surface area contributed by atoms with Crippen LogP contribution in [0, 0.1) is 0 Å². The van der Waals surface area contributed by atoms with Gasteiger partial charge in [-0.25, -0.2) is 14.8 Å². The van der Waals surface area contributed by atoms with Crippen molar-refractivity contribution in [3.63, 3.8) is 0 Å². The predicted octanol–water partition coefficient (Wildman–Crippen LogP) is 5.12. The Labute approximate surface area is 181 Å². The highest BCUT2D eigenvalue weighted by Crippen LogP contribution is 2.29. The largest absolute Gasteiger partial charge is 0.449 e. The zero-order chi connectivity index (χ0) is 20.8. The average molecular weight is 448 g/mol. The first-order chi connectivity index (χ1) is 13.9. The van der Waals surface area contributed by atoms with Gasteiger partial charge in [-0.3, -0.25) is 4.79 Å². The molecule has 148 valence electrons. The summed E-state index contributed by atoms with van der Waals surface area (Å²) in [6, 6.07) is 14.2. The number of amides is 1. The quantitative estimate of drug-likeness (QED) is 0.528. The van der Waals surface area contributed by atoms with Gasteiger partial charge in [-0.1, -0.05) is 53.2 Å². The van der Waals surface area contributed by atoms with Crippen molar-refractivity contribution in [3.05, 3.63) is 76.5 Å². The molecular weight excluding hydrogens is 433 g/mol. The Hall–Kier alpha value is -2.61. The molecule has 0 spiro atoms. The first-order valence-electron chi connectivity index (χ1n) is 8.45. The standard InChI is InChI=1S/C20H15Cl2N3O3S/c1-12(18(26)25-17-16(22)10-13(21)11-24-17)28-20(27)15-8-5-9-23-19(15)29-14-6-3-2-4-7-14/h2-12H,1H3,(H,24,25,26). The molecule has 29 heavy (non-hydrogen) atoms. The van der Waals surface area contributed by atoms with E-state index in [2.05, 4.69) is 15.3 Å². The van der Waals surface area contributed by atoms with Crippen LogP contribution in [0.25, 0.3) is 0 Å². The topological polar surface area (TPSA) is 81.2 Å². The third kappa shape index (κ3) is 5.69. The smallest absolute Gasteiger partial charge is 0.341 e. The highest BCUT2D eigenvalue weighted by molar-refractivity contribution is 7.99. The molecule has 2 heterocycles. The molecule has 9 heteroatoms. The van der Waals surface area contributed by atoms with Gasteiger partial charge >= 0.3 is 5.97 Å². The maximum absolute atomic E-state index is 12.6. The van der Waals surface area contributed by atoms with Crippen LogP contribution in [0.2, 0.25) is 10.0 Å². The number of hydrogen-bond acceptors (Lipinski definition) is 6. The number of ether oxygens (including phenoxy) is 1. The number of anilines is 1. The molecule has 1 N–H and O–H groups in total. The number of carbonyl (C=O) groups is 2. The van der Waals surface area contributed by atoms with Crippen molar-refractivity contribution in [2.24, 2.45) is 0 Å². The molecule has 0 aliphatic rings. The van der Waals surface area contributed by atoms with Crippen LogP contribution in [-0.2, 0) is 9.53 Å². The fourth-order valence-corrected chi connectivity index (χ4v) is 3.55. The summed E-state index contributed by atoms with van der Waals surface area (Å²) in [5, 5.41) is 3.51. The molecule has 3 aromatic rings. The maximum atomic E-state index is 12.6. The van der Waals surface area contributed by atoms with E-state index in [9.17, 15) is 9.59 Å². The molecule has 0 aliphatic carbocycles. The summed E-state index contributed by atoms with van der Waals surface area (Å²) in [5.41, 5.74) is 0.267. The molecule has 1 aromatic carbocycles. The summed E-state index contributed by atoms with van der Waals surface area (Å²) in [6.45, 7) is 1.46. The zero-order valence-corrected chi connectivity index (χ0v) is 17.5. The molecule has 1 unspecified atom stereocenters. The lowest BCUT2D eigenvalue weighted by atomic mass is 10.3. The number of esters is 1. The van der Waals surface area contributed by atoms with E-state index in [1.54, 1.807) is 18.3 Å². The van der Waals surface area contributed by atoms with Crippen molar-refractivity contribution in [1.29, 1.82) is 0 Å². The van der Waals surface area contributed by atoms with Gasteiger partial charge < -0.3 is 10.1 Å². The van der Waals surface area contributed by atoms with E-state index in [1.165, 1.54) is 30.9 Å². The molecule has 0 fully saturated rings. The molecule has 6 nitrogen and oxygen atoms in total. The Morgan fingerprint density at radius 1 is 1.10 bits per heavy atom. The minimum Gasteiger partial charge on any atom is -0.449 e. The molecular formula is C20H15Cl2N3O3S. The number of carbonyl (C=O) groups excluding carboxylic acids is 2. The van der Waals surface area contributed by atoms with Gasteiger partial charge in [0.15, 0.2) is 11.9 Å². The lowest BCUT2D eigenvalue weighted by Gasteiger charge is -2.15. The average Bonchev–Trinajstić information content (AvgIpc) is 2.71. The predicted molar refractivity (Wildman–Crippen MR) is 113 cm³/mol. The van der Waals surface area contributed by atoms with Crippen LogP contribution >= 0.6 is 35.0 Å². The second kappa shape index (κ2) is 9.73. The normalized spacial score (nSPS) is 11.6. The van der Waals surface area contributed by atoms with Crippen molar-refractivity contribution >= 4 is 52.7 Å². The van der Waals surface area contributed by atoms with Gasteiger partial charge in [-0.05, 0) is 37.3 Å². The number of aromatic nitrogens is 2.